The van der Waals surface area contributed by atoms with E-state index in [0.29, 0.717) is 6.42 Å². The van der Waals surface area contributed by atoms with Crippen molar-refractivity contribution >= 4 is 17.5 Å². The van der Waals surface area contributed by atoms with E-state index in [4.69, 9.17) is 11.6 Å². The number of carbonyl (C=O) groups is 1. The number of amides is 1. The molecule has 1 aliphatic heterocycles. The Hall–Kier alpha value is -0.280. The van der Waals surface area contributed by atoms with Crippen molar-refractivity contribution in [3.8, 4) is 0 Å². The van der Waals surface area contributed by atoms with Gasteiger partial charge < -0.3 is 4.90 Å². The van der Waals surface area contributed by atoms with Crippen molar-refractivity contribution in [1.82, 2.24) is 9.80 Å². The zero-order valence-corrected chi connectivity index (χ0v) is 12.0. The third-order valence-electron chi connectivity index (χ3n) is 3.33. The molecule has 1 aliphatic rings. The van der Waals surface area contributed by atoms with Gasteiger partial charge in [0.25, 0.3) is 0 Å². The largest absolute Gasteiger partial charge is 0.339 e. The van der Waals surface area contributed by atoms with Crippen LogP contribution in [0.5, 0.6) is 0 Å². The van der Waals surface area contributed by atoms with Crippen molar-refractivity contribution in [1.29, 1.82) is 0 Å². The Balaban J connectivity index is 2.28. The van der Waals surface area contributed by atoms with Crippen molar-refractivity contribution in [3.05, 3.63) is 0 Å². The number of carbonyl (C=O) groups excluding carboxylic acids is 1. The molecule has 0 N–H and O–H groups in total. The second-order valence-electron chi connectivity index (χ2n) is 5.23. The molecule has 0 unspecified atom stereocenters. The zero-order valence-electron chi connectivity index (χ0n) is 11.3. The molecule has 0 aliphatic carbocycles. The standard InChI is InChI=1S/C13H25ClN2O/c1-4-12(14)13(17)16-9-7-15(8-10-16)6-5-11(2)3/h11-12H,4-10H2,1-3H3/t12-/m0/s1. The van der Waals surface area contributed by atoms with Crippen LogP contribution >= 0.6 is 11.6 Å². The van der Waals surface area contributed by atoms with Crippen LogP contribution in [0.25, 0.3) is 0 Å². The summed E-state index contributed by atoms with van der Waals surface area (Å²) in [4.78, 5) is 16.2. The predicted molar refractivity (Wildman–Crippen MR) is 72.4 cm³/mol. The van der Waals surface area contributed by atoms with E-state index in [9.17, 15) is 4.79 Å². The van der Waals surface area contributed by atoms with E-state index in [1.807, 2.05) is 11.8 Å². The molecule has 1 saturated heterocycles. The second kappa shape index (κ2) is 7.22. The quantitative estimate of drug-likeness (QED) is 0.708. The summed E-state index contributed by atoms with van der Waals surface area (Å²) in [6.07, 6.45) is 1.95. The van der Waals surface area contributed by atoms with Crippen LogP contribution in [0.15, 0.2) is 0 Å². The maximum atomic E-state index is 11.9. The van der Waals surface area contributed by atoms with Crippen LogP contribution in [-0.4, -0.2) is 53.8 Å². The van der Waals surface area contributed by atoms with Crippen LogP contribution < -0.4 is 0 Å². The molecule has 0 aromatic carbocycles. The molecule has 0 radical (unpaired) electrons. The monoisotopic (exact) mass is 260 g/mol. The Morgan fingerprint density at radius 1 is 1.24 bits per heavy atom. The molecule has 1 amide bonds. The highest BCUT2D eigenvalue weighted by Crippen LogP contribution is 2.11. The maximum Gasteiger partial charge on any atom is 0.240 e. The number of halogens is 1. The minimum absolute atomic E-state index is 0.109. The predicted octanol–water partition coefficient (Wildman–Crippen LogP) is 2.19. The molecule has 0 aromatic rings. The molecule has 0 saturated carbocycles. The smallest absolute Gasteiger partial charge is 0.240 e. The highest BCUT2D eigenvalue weighted by molar-refractivity contribution is 6.30. The number of hydrogen-bond acceptors (Lipinski definition) is 2. The van der Waals surface area contributed by atoms with Crippen molar-refractivity contribution in [2.75, 3.05) is 32.7 Å². The molecule has 17 heavy (non-hydrogen) atoms. The number of alkyl halides is 1. The van der Waals surface area contributed by atoms with Crippen molar-refractivity contribution < 1.29 is 4.79 Å². The van der Waals surface area contributed by atoms with Gasteiger partial charge in [-0.05, 0) is 25.3 Å². The molecule has 0 spiro atoms. The summed E-state index contributed by atoms with van der Waals surface area (Å²) in [6.45, 7) is 11.3. The Bertz CT molecular complexity index is 238. The molecule has 4 heteroatoms. The molecule has 100 valence electrons. The first-order valence-corrected chi connectivity index (χ1v) is 7.13. The average Bonchev–Trinajstić information content (AvgIpc) is 2.35. The lowest BCUT2D eigenvalue weighted by Gasteiger charge is -2.35. The average molecular weight is 261 g/mol. The van der Waals surface area contributed by atoms with E-state index in [1.54, 1.807) is 0 Å². The Morgan fingerprint density at radius 2 is 1.82 bits per heavy atom. The highest BCUT2D eigenvalue weighted by Gasteiger charge is 2.24. The fraction of sp³-hybridized carbons (Fsp3) is 0.923. The fourth-order valence-corrected chi connectivity index (χ4v) is 2.14. The number of nitrogens with zero attached hydrogens (tertiary/aromatic N) is 2. The van der Waals surface area contributed by atoms with Gasteiger partial charge in [-0.15, -0.1) is 11.6 Å². The zero-order chi connectivity index (χ0) is 12.8. The highest BCUT2D eigenvalue weighted by atomic mass is 35.5. The molecule has 0 bridgehead atoms. The van der Waals surface area contributed by atoms with Crippen LogP contribution in [-0.2, 0) is 4.79 Å². The van der Waals surface area contributed by atoms with Gasteiger partial charge in [-0.2, -0.15) is 0 Å². The molecule has 1 atom stereocenters. The van der Waals surface area contributed by atoms with E-state index in [1.165, 1.54) is 6.42 Å². The maximum absolute atomic E-state index is 11.9. The fourth-order valence-electron chi connectivity index (χ4n) is 2.01. The lowest BCUT2D eigenvalue weighted by molar-refractivity contribution is -0.132. The van der Waals surface area contributed by atoms with Crippen LogP contribution in [0.3, 0.4) is 0 Å². The number of piperazine rings is 1. The minimum Gasteiger partial charge on any atom is -0.339 e. The third kappa shape index (κ3) is 4.84. The Kier molecular flexibility index (Phi) is 6.28. The molecule has 1 rings (SSSR count). The topological polar surface area (TPSA) is 23.6 Å². The van der Waals surface area contributed by atoms with E-state index in [-0.39, 0.29) is 11.3 Å². The first-order chi connectivity index (χ1) is 8.04. The Labute approximate surface area is 110 Å². The summed E-state index contributed by atoms with van der Waals surface area (Å²) in [7, 11) is 0. The van der Waals surface area contributed by atoms with E-state index < -0.39 is 0 Å². The lowest BCUT2D eigenvalue weighted by Crippen LogP contribution is -2.50. The Morgan fingerprint density at radius 3 is 2.29 bits per heavy atom. The third-order valence-corrected chi connectivity index (χ3v) is 3.83. The molecule has 1 heterocycles. The van der Waals surface area contributed by atoms with Crippen molar-refractivity contribution in [3.63, 3.8) is 0 Å². The van der Waals surface area contributed by atoms with Crippen LogP contribution in [0, 0.1) is 5.92 Å². The van der Waals surface area contributed by atoms with Gasteiger partial charge in [-0.3, -0.25) is 9.69 Å². The van der Waals surface area contributed by atoms with E-state index in [0.717, 1.165) is 38.6 Å². The van der Waals surface area contributed by atoms with Gasteiger partial charge in [0.15, 0.2) is 0 Å². The van der Waals surface area contributed by atoms with Gasteiger partial charge >= 0.3 is 0 Å². The van der Waals surface area contributed by atoms with Gasteiger partial charge in [0.1, 0.15) is 5.38 Å². The normalized spacial score (nSPS) is 19.7. The van der Waals surface area contributed by atoms with Crippen LogP contribution in [0.4, 0.5) is 0 Å². The van der Waals surface area contributed by atoms with Crippen molar-refractivity contribution in [2.45, 2.75) is 39.0 Å². The van der Waals surface area contributed by atoms with Gasteiger partial charge in [0.05, 0.1) is 0 Å². The minimum atomic E-state index is -0.336. The first-order valence-electron chi connectivity index (χ1n) is 6.69. The SMILES string of the molecule is CC[C@H](Cl)C(=O)N1CCN(CCC(C)C)CC1. The van der Waals surface area contributed by atoms with E-state index in [2.05, 4.69) is 18.7 Å². The molecule has 1 fully saturated rings. The van der Waals surface area contributed by atoms with Gasteiger partial charge in [-0.25, -0.2) is 0 Å². The summed E-state index contributed by atoms with van der Waals surface area (Å²) in [5, 5.41) is -0.336. The summed E-state index contributed by atoms with van der Waals surface area (Å²) in [5.74, 6) is 0.861. The van der Waals surface area contributed by atoms with Gasteiger partial charge in [-0.1, -0.05) is 20.8 Å². The second-order valence-corrected chi connectivity index (χ2v) is 5.75. The molecule has 3 nitrogen and oxygen atoms in total. The lowest BCUT2D eigenvalue weighted by atomic mass is 10.1. The summed E-state index contributed by atoms with van der Waals surface area (Å²) in [5.41, 5.74) is 0. The van der Waals surface area contributed by atoms with Crippen molar-refractivity contribution in [2.24, 2.45) is 5.92 Å². The first kappa shape index (κ1) is 14.8. The molecular formula is C13H25ClN2O. The van der Waals surface area contributed by atoms with E-state index >= 15 is 0 Å². The molecule has 0 aromatic heterocycles. The van der Waals surface area contributed by atoms with Crippen LogP contribution in [0.2, 0.25) is 0 Å². The van der Waals surface area contributed by atoms with Gasteiger partial charge in [0.2, 0.25) is 5.91 Å². The summed E-state index contributed by atoms with van der Waals surface area (Å²) < 4.78 is 0. The number of hydrogen-bond donors (Lipinski definition) is 0. The van der Waals surface area contributed by atoms with Crippen LogP contribution in [0.1, 0.15) is 33.6 Å². The number of rotatable bonds is 5. The molecular weight excluding hydrogens is 236 g/mol. The summed E-state index contributed by atoms with van der Waals surface area (Å²) in [6, 6.07) is 0. The summed E-state index contributed by atoms with van der Waals surface area (Å²) >= 11 is 5.98. The van der Waals surface area contributed by atoms with Gasteiger partial charge in [0, 0.05) is 26.2 Å².